The zero-order valence-electron chi connectivity index (χ0n) is 42.5. The third-order valence-corrected chi connectivity index (χ3v) is 15.2. The van der Waals surface area contributed by atoms with Gasteiger partial charge in [-0.15, -0.1) is 5.10 Å². The average Bonchev–Trinajstić information content (AvgIpc) is 3.88. The van der Waals surface area contributed by atoms with Crippen molar-refractivity contribution in [2.75, 3.05) is 27.9 Å². The SMILES string of the molecule is CO[C@H]1C[C@@H]2CC[C@@H](C)[C@@](O)(O2)C(=O)C(=O)N2CCCC[C@H]2C(=O)O[C@H]([C@H](C)CC2CC[C@@H](n3cnnn3)[C@H](OC)C2)CC(=O)[C@H](C)/C=C(\C)[C@@H](O)[C@@H](OC)C(=O)[C@H](C)C[C@H](C)/C=C/C=C/C=C/1C. The summed E-state index contributed by atoms with van der Waals surface area (Å²) in [5.74, 6) is -7.92. The second-order valence-electron chi connectivity index (χ2n) is 20.4. The van der Waals surface area contributed by atoms with Crippen LogP contribution in [0.25, 0.3) is 0 Å². The number of carbonyl (C=O) groups is 5. The molecule has 2 N–H and O–H groups in total. The van der Waals surface area contributed by atoms with Gasteiger partial charge in [0.05, 0.1) is 24.4 Å². The molecule has 4 aliphatic rings. The molecule has 69 heavy (non-hydrogen) atoms. The number of cyclic esters (lactones) is 1. The summed E-state index contributed by atoms with van der Waals surface area (Å²) in [7, 11) is 4.62. The van der Waals surface area contributed by atoms with E-state index in [0.717, 1.165) is 18.4 Å². The Labute approximate surface area is 408 Å². The van der Waals surface area contributed by atoms with Crippen LogP contribution in [0.15, 0.2) is 53.9 Å². The number of methoxy groups -OCH3 is 3. The number of fused-ring (bicyclic) bond motifs is 3. The first-order valence-electron chi connectivity index (χ1n) is 25.0. The lowest BCUT2D eigenvalue weighted by molar-refractivity contribution is -0.265. The third kappa shape index (κ3) is 14.2. The van der Waals surface area contributed by atoms with Gasteiger partial charge in [0, 0.05) is 58.5 Å². The summed E-state index contributed by atoms with van der Waals surface area (Å²) in [5.41, 5.74) is 1.27. The molecule has 3 fully saturated rings. The summed E-state index contributed by atoms with van der Waals surface area (Å²) in [4.78, 5) is 72.3. The lowest BCUT2D eigenvalue weighted by Gasteiger charge is -2.42. The summed E-state index contributed by atoms with van der Waals surface area (Å²) in [6.07, 6.45) is 13.9. The molecule has 5 rings (SSSR count). The van der Waals surface area contributed by atoms with Gasteiger partial charge < -0.3 is 38.8 Å². The maximum atomic E-state index is 14.5. The molecule has 1 aliphatic carbocycles. The number of carbonyl (C=O) groups excluding carboxylic acids is 5. The molecule has 0 aromatic carbocycles. The number of amides is 1. The van der Waals surface area contributed by atoms with Gasteiger partial charge in [0.2, 0.25) is 5.79 Å². The van der Waals surface area contributed by atoms with Gasteiger partial charge in [-0.25, -0.2) is 9.48 Å². The van der Waals surface area contributed by atoms with Crippen molar-refractivity contribution in [3.63, 3.8) is 0 Å². The highest BCUT2D eigenvalue weighted by Gasteiger charge is 2.53. The monoisotopic (exact) mass is 966 g/mol. The lowest BCUT2D eigenvalue weighted by Crippen LogP contribution is -2.61. The highest BCUT2D eigenvalue weighted by Crippen LogP contribution is 2.39. The van der Waals surface area contributed by atoms with Gasteiger partial charge in [-0.3, -0.25) is 19.2 Å². The van der Waals surface area contributed by atoms with Gasteiger partial charge in [-0.1, -0.05) is 71.1 Å². The van der Waals surface area contributed by atoms with Crippen molar-refractivity contribution in [3.05, 3.63) is 53.9 Å². The second-order valence-corrected chi connectivity index (χ2v) is 20.4. The number of ether oxygens (including phenoxy) is 5. The third-order valence-electron chi connectivity index (χ3n) is 15.2. The van der Waals surface area contributed by atoms with Crippen molar-refractivity contribution < 1.29 is 57.9 Å². The highest BCUT2D eigenvalue weighted by atomic mass is 16.6. The van der Waals surface area contributed by atoms with E-state index < -0.39 is 77.8 Å². The fourth-order valence-electron chi connectivity index (χ4n) is 10.7. The van der Waals surface area contributed by atoms with Gasteiger partial charge in [0.1, 0.15) is 36.5 Å². The fraction of sp³-hybridized carbons (Fsp3) is 0.731. The Hall–Kier alpha value is -4.26. The number of ketones is 3. The van der Waals surface area contributed by atoms with E-state index in [-0.39, 0.29) is 60.9 Å². The summed E-state index contributed by atoms with van der Waals surface area (Å²) in [6.45, 7) is 12.8. The molecule has 17 nitrogen and oxygen atoms in total. The fourth-order valence-corrected chi connectivity index (χ4v) is 10.7. The molecule has 1 aromatic heterocycles. The van der Waals surface area contributed by atoms with Crippen LogP contribution in [-0.4, -0.2) is 141 Å². The Morgan fingerprint density at radius 3 is 2.32 bits per heavy atom. The Bertz CT molecular complexity index is 2020. The van der Waals surface area contributed by atoms with Gasteiger partial charge in [-0.05, 0) is 117 Å². The number of nitrogens with zero attached hydrogens (tertiary/aromatic N) is 5. The van der Waals surface area contributed by atoms with Gasteiger partial charge in [0.15, 0.2) is 5.78 Å². The van der Waals surface area contributed by atoms with Crippen LogP contribution >= 0.6 is 0 Å². The number of aliphatic hydroxyl groups excluding tert-OH is 1. The summed E-state index contributed by atoms with van der Waals surface area (Å²) in [6, 6.07) is -1.19. The van der Waals surface area contributed by atoms with E-state index in [2.05, 4.69) is 15.5 Å². The number of piperidine rings is 1. The van der Waals surface area contributed by atoms with E-state index in [1.54, 1.807) is 52.1 Å². The minimum Gasteiger partial charge on any atom is -0.460 e. The Morgan fingerprint density at radius 1 is 0.884 bits per heavy atom. The van der Waals surface area contributed by atoms with Crippen LogP contribution in [0.3, 0.4) is 0 Å². The molecule has 3 aliphatic heterocycles. The van der Waals surface area contributed by atoms with E-state index in [0.29, 0.717) is 56.9 Å². The molecule has 4 heterocycles. The van der Waals surface area contributed by atoms with Crippen LogP contribution in [0.5, 0.6) is 0 Å². The molecule has 2 bridgehead atoms. The molecular weight excluding hydrogens is 887 g/mol. The molecule has 1 amide bonds. The topological polar surface area (TPSA) is 219 Å². The van der Waals surface area contributed by atoms with Crippen LogP contribution in [0, 0.1) is 35.5 Å². The summed E-state index contributed by atoms with van der Waals surface area (Å²) < 4.78 is 31.6. The number of aliphatic hydroxyl groups is 2. The van der Waals surface area contributed by atoms with Crippen molar-refractivity contribution in [1.82, 2.24) is 25.1 Å². The van der Waals surface area contributed by atoms with Gasteiger partial charge in [-0.2, -0.15) is 0 Å². The number of tetrazole rings is 1. The average molecular weight is 966 g/mol. The number of hydrogen-bond donors (Lipinski definition) is 2. The first kappa shape index (κ1) is 55.7. The van der Waals surface area contributed by atoms with E-state index >= 15 is 0 Å². The molecule has 1 unspecified atom stereocenters. The molecule has 1 aromatic rings. The first-order chi connectivity index (χ1) is 32.8. The van der Waals surface area contributed by atoms with Crippen molar-refractivity contribution in [2.45, 2.75) is 180 Å². The van der Waals surface area contributed by atoms with Crippen LogP contribution in [0.4, 0.5) is 0 Å². The molecule has 0 spiro atoms. The van der Waals surface area contributed by atoms with Crippen LogP contribution in [-0.2, 0) is 47.7 Å². The van der Waals surface area contributed by atoms with E-state index in [4.69, 9.17) is 23.7 Å². The summed E-state index contributed by atoms with van der Waals surface area (Å²) in [5, 5.41) is 35.2. The predicted octanol–water partition coefficient (Wildman–Crippen LogP) is 6.05. The van der Waals surface area contributed by atoms with E-state index in [9.17, 15) is 34.2 Å². The molecule has 17 heteroatoms. The van der Waals surface area contributed by atoms with Crippen molar-refractivity contribution in [2.24, 2.45) is 35.5 Å². The van der Waals surface area contributed by atoms with Crippen LogP contribution in [0.1, 0.15) is 132 Å². The minimum atomic E-state index is -2.43. The van der Waals surface area contributed by atoms with Crippen LogP contribution in [0.2, 0.25) is 0 Å². The van der Waals surface area contributed by atoms with E-state index in [1.807, 2.05) is 58.1 Å². The molecule has 1 saturated carbocycles. The zero-order chi connectivity index (χ0) is 50.6. The quantitative estimate of drug-likeness (QED) is 0.181. The summed E-state index contributed by atoms with van der Waals surface area (Å²) >= 11 is 0. The number of rotatable bonds is 7. The number of allylic oxidation sites excluding steroid dienone is 6. The number of esters is 1. The van der Waals surface area contributed by atoms with Crippen molar-refractivity contribution in [3.8, 4) is 0 Å². The smallest absolute Gasteiger partial charge is 0.329 e. The molecule has 2 saturated heterocycles. The van der Waals surface area contributed by atoms with Crippen molar-refractivity contribution >= 4 is 29.2 Å². The number of Topliss-reactive ketones (excluding diaryl/α,β-unsaturated/α-hetero) is 3. The standard InChI is InChI=1S/C52H79N5O12/c1-31-16-12-11-13-17-32(2)43(65-8)28-39-21-19-37(7)52(64,69-39)49(61)50(62)56-23-15-14-18-41(56)51(63)68-44(34(4)26-38-20-22-40(45(27-38)66-9)57-30-53-54-55-57)29-42(58)33(3)25-36(6)47(60)48(67-10)46(59)35(5)24-31/h11-13,16-17,25,30-31,33-35,37-41,43-45,47-48,60,64H,14-15,18-24,26-29H2,1-10H3/b13-11+,16-12+,32-17+,36-25+/t31-,33-,34-,35-,37-,38?,39+,40-,41+,43+,44+,45-,47-,48+,52-/m1/s1. The predicted molar refractivity (Wildman–Crippen MR) is 256 cm³/mol. The maximum Gasteiger partial charge on any atom is 0.329 e. The zero-order valence-corrected chi connectivity index (χ0v) is 42.5. The molecule has 0 radical (unpaired) electrons. The first-order valence-corrected chi connectivity index (χ1v) is 25.0. The molecule has 384 valence electrons. The molecule has 15 atom stereocenters. The maximum absolute atomic E-state index is 14.5. The largest absolute Gasteiger partial charge is 0.460 e. The number of hydrogen-bond acceptors (Lipinski definition) is 15. The van der Waals surface area contributed by atoms with Crippen LogP contribution < -0.4 is 0 Å². The van der Waals surface area contributed by atoms with E-state index in [1.165, 1.54) is 12.0 Å². The Kier molecular flexibility index (Phi) is 20.8. The normalized spacial score (nSPS) is 38.8. The van der Waals surface area contributed by atoms with Crippen molar-refractivity contribution in [1.29, 1.82) is 0 Å². The lowest BCUT2D eigenvalue weighted by atomic mass is 9.77. The van der Waals surface area contributed by atoms with Gasteiger partial charge >= 0.3 is 5.97 Å². The molecular formula is C52H79N5O12. The Morgan fingerprint density at radius 2 is 1.64 bits per heavy atom. The second kappa shape index (κ2) is 25.7. The van der Waals surface area contributed by atoms with Gasteiger partial charge in [0.25, 0.3) is 11.7 Å². The highest BCUT2D eigenvalue weighted by molar-refractivity contribution is 6.39. The Balaban J connectivity index is 1.46. The minimum absolute atomic E-state index is 0.0170. The number of aromatic nitrogens is 4.